The van der Waals surface area contributed by atoms with E-state index in [9.17, 15) is 26.4 Å². The fourth-order valence-corrected chi connectivity index (χ4v) is 3.13. The average Bonchev–Trinajstić information content (AvgIpc) is 2.60. The molecule has 6 nitrogen and oxygen atoms in total. The van der Waals surface area contributed by atoms with E-state index < -0.39 is 27.3 Å². The van der Waals surface area contributed by atoms with E-state index in [0.717, 1.165) is 6.07 Å². The zero-order valence-corrected chi connectivity index (χ0v) is 14.1. The van der Waals surface area contributed by atoms with Crippen LogP contribution in [0.15, 0.2) is 36.4 Å². The van der Waals surface area contributed by atoms with Gasteiger partial charge >= 0.3 is 15.6 Å². The summed E-state index contributed by atoms with van der Waals surface area (Å²) in [5.41, 5.74) is -5.50. The fourth-order valence-electron chi connectivity index (χ4n) is 2.66. The number of carbonyl (C=O) groups is 1. The number of alkyl halides is 3. The molecular weight excluding hydrogens is 375 g/mol. The van der Waals surface area contributed by atoms with Gasteiger partial charge in [0.15, 0.2) is 5.75 Å². The van der Waals surface area contributed by atoms with Crippen LogP contribution in [0.3, 0.4) is 0 Å². The third-order valence-electron chi connectivity index (χ3n) is 3.88. The van der Waals surface area contributed by atoms with Gasteiger partial charge in [-0.3, -0.25) is 4.79 Å². The minimum absolute atomic E-state index is 0.0133. The Morgan fingerprint density at radius 2 is 1.69 bits per heavy atom. The number of halogens is 3. The molecule has 0 aliphatic carbocycles. The molecule has 3 rings (SSSR count). The Morgan fingerprint density at radius 1 is 1.08 bits per heavy atom. The van der Waals surface area contributed by atoms with Crippen LogP contribution in [0.1, 0.15) is 10.4 Å². The van der Waals surface area contributed by atoms with Crippen LogP contribution in [0.25, 0.3) is 10.8 Å². The molecule has 2 aromatic rings. The molecule has 2 aromatic carbocycles. The van der Waals surface area contributed by atoms with Gasteiger partial charge in [0.2, 0.25) is 0 Å². The molecule has 0 bridgehead atoms. The SMILES string of the molecule is O=C(c1cccc2cccc(OS(=O)(=O)C(F)(F)F)c12)N1CCOCC1. The number of rotatable bonds is 3. The van der Waals surface area contributed by atoms with Crippen LogP contribution in [-0.2, 0) is 14.9 Å². The molecule has 1 aliphatic heterocycles. The number of hydrogen-bond acceptors (Lipinski definition) is 5. The minimum Gasteiger partial charge on any atom is -0.378 e. The molecule has 1 heterocycles. The van der Waals surface area contributed by atoms with Crippen LogP contribution >= 0.6 is 0 Å². The van der Waals surface area contributed by atoms with Gasteiger partial charge in [0.05, 0.1) is 18.8 Å². The zero-order chi connectivity index (χ0) is 18.9. The second-order valence-corrected chi connectivity index (χ2v) is 7.09. The van der Waals surface area contributed by atoms with Crippen molar-refractivity contribution in [3.05, 3.63) is 42.0 Å². The zero-order valence-electron chi connectivity index (χ0n) is 13.3. The predicted molar refractivity (Wildman–Crippen MR) is 86.3 cm³/mol. The van der Waals surface area contributed by atoms with E-state index in [2.05, 4.69) is 4.18 Å². The third kappa shape index (κ3) is 3.47. The van der Waals surface area contributed by atoms with E-state index in [1.807, 2.05) is 0 Å². The Labute approximate surface area is 147 Å². The molecule has 140 valence electrons. The summed E-state index contributed by atoms with van der Waals surface area (Å²) >= 11 is 0. The van der Waals surface area contributed by atoms with E-state index >= 15 is 0 Å². The lowest BCUT2D eigenvalue weighted by molar-refractivity contribution is -0.0499. The highest BCUT2D eigenvalue weighted by Gasteiger charge is 2.48. The van der Waals surface area contributed by atoms with Gasteiger partial charge in [-0.2, -0.15) is 21.6 Å². The molecule has 26 heavy (non-hydrogen) atoms. The number of carbonyl (C=O) groups excluding carboxylic acids is 1. The Balaban J connectivity index is 2.09. The fraction of sp³-hybridized carbons (Fsp3) is 0.312. The van der Waals surface area contributed by atoms with Gasteiger partial charge in [-0.15, -0.1) is 0 Å². The molecule has 0 radical (unpaired) electrons. The highest BCUT2D eigenvalue weighted by Crippen LogP contribution is 2.34. The molecule has 1 amide bonds. The van der Waals surface area contributed by atoms with Crippen molar-refractivity contribution < 1.29 is 35.3 Å². The Hall–Kier alpha value is -2.33. The molecule has 0 N–H and O–H groups in total. The van der Waals surface area contributed by atoms with Crippen LogP contribution < -0.4 is 4.18 Å². The topological polar surface area (TPSA) is 72.9 Å². The van der Waals surface area contributed by atoms with E-state index in [0.29, 0.717) is 31.7 Å². The lowest BCUT2D eigenvalue weighted by Crippen LogP contribution is -2.40. The normalized spacial score (nSPS) is 15.9. The number of hydrogen-bond donors (Lipinski definition) is 0. The number of amides is 1. The van der Waals surface area contributed by atoms with Crippen molar-refractivity contribution in [2.45, 2.75) is 5.51 Å². The second kappa shape index (κ2) is 6.76. The first-order valence-corrected chi connectivity index (χ1v) is 9.01. The quantitative estimate of drug-likeness (QED) is 0.596. The summed E-state index contributed by atoms with van der Waals surface area (Å²) in [6, 6.07) is 8.54. The van der Waals surface area contributed by atoms with E-state index in [4.69, 9.17) is 4.74 Å². The van der Waals surface area contributed by atoms with Gasteiger partial charge in [0, 0.05) is 18.5 Å². The number of morpholine rings is 1. The molecule has 1 fully saturated rings. The minimum atomic E-state index is -5.85. The molecule has 1 saturated heterocycles. The summed E-state index contributed by atoms with van der Waals surface area (Å²) in [5.74, 6) is -0.976. The Morgan fingerprint density at radius 3 is 2.31 bits per heavy atom. The van der Waals surface area contributed by atoms with Gasteiger partial charge in [-0.1, -0.05) is 24.3 Å². The van der Waals surface area contributed by atoms with Crippen molar-refractivity contribution >= 4 is 26.8 Å². The highest BCUT2D eigenvalue weighted by atomic mass is 32.2. The number of benzene rings is 2. The molecular formula is C16H14F3NO5S. The maximum Gasteiger partial charge on any atom is 0.534 e. The predicted octanol–water partition coefficient (Wildman–Crippen LogP) is 2.54. The first-order valence-electron chi connectivity index (χ1n) is 7.60. The summed E-state index contributed by atoms with van der Waals surface area (Å²) in [5, 5.41) is 0.401. The summed E-state index contributed by atoms with van der Waals surface area (Å²) in [4.78, 5) is 14.3. The third-order valence-corrected chi connectivity index (χ3v) is 4.84. The van der Waals surface area contributed by atoms with Gasteiger partial charge in [-0.05, 0) is 17.5 Å². The molecule has 0 saturated carbocycles. The Kier molecular flexibility index (Phi) is 4.80. The Bertz CT molecular complexity index is 931. The largest absolute Gasteiger partial charge is 0.534 e. The summed E-state index contributed by atoms with van der Waals surface area (Å²) in [6.07, 6.45) is 0. The first-order chi connectivity index (χ1) is 12.2. The summed E-state index contributed by atoms with van der Waals surface area (Å²) in [6.45, 7) is 1.36. The van der Waals surface area contributed by atoms with Crippen LogP contribution in [0.2, 0.25) is 0 Å². The maximum atomic E-state index is 12.8. The second-order valence-electron chi connectivity index (χ2n) is 5.55. The molecule has 0 aromatic heterocycles. The van der Waals surface area contributed by atoms with Gasteiger partial charge < -0.3 is 13.8 Å². The van der Waals surface area contributed by atoms with Crippen LogP contribution in [0, 0.1) is 0 Å². The average molecular weight is 389 g/mol. The number of nitrogens with zero attached hydrogens (tertiary/aromatic N) is 1. The van der Waals surface area contributed by atoms with Crippen molar-refractivity contribution in [1.82, 2.24) is 4.90 Å². The van der Waals surface area contributed by atoms with E-state index in [1.165, 1.54) is 17.0 Å². The van der Waals surface area contributed by atoms with Crippen LogP contribution in [0.4, 0.5) is 13.2 Å². The van der Waals surface area contributed by atoms with Crippen molar-refractivity contribution in [2.24, 2.45) is 0 Å². The monoisotopic (exact) mass is 389 g/mol. The number of fused-ring (bicyclic) bond motifs is 1. The molecule has 0 unspecified atom stereocenters. The van der Waals surface area contributed by atoms with Crippen molar-refractivity contribution in [3.63, 3.8) is 0 Å². The lowest BCUT2D eigenvalue weighted by Gasteiger charge is -2.27. The standard InChI is InChI=1S/C16H14F3NO5S/c17-16(18,19)26(22,23)25-13-6-2-4-11-3-1-5-12(14(11)13)15(21)20-7-9-24-10-8-20/h1-6H,7-10H2. The lowest BCUT2D eigenvalue weighted by atomic mass is 10.0. The van der Waals surface area contributed by atoms with Gasteiger partial charge in [0.1, 0.15) is 0 Å². The maximum absolute atomic E-state index is 12.8. The van der Waals surface area contributed by atoms with E-state index in [1.54, 1.807) is 18.2 Å². The van der Waals surface area contributed by atoms with Gasteiger partial charge in [-0.25, -0.2) is 0 Å². The van der Waals surface area contributed by atoms with E-state index in [-0.39, 0.29) is 10.9 Å². The van der Waals surface area contributed by atoms with Crippen LogP contribution in [0.5, 0.6) is 5.75 Å². The molecule has 10 heteroatoms. The smallest absolute Gasteiger partial charge is 0.378 e. The molecule has 0 atom stereocenters. The van der Waals surface area contributed by atoms with Crippen LogP contribution in [-0.4, -0.2) is 51.0 Å². The number of ether oxygens (including phenoxy) is 1. The summed E-state index contributed by atoms with van der Waals surface area (Å²) in [7, 11) is -5.85. The van der Waals surface area contributed by atoms with Crippen molar-refractivity contribution in [2.75, 3.05) is 26.3 Å². The van der Waals surface area contributed by atoms with Gasteiger partial charge in [0.25, 0.3) is 5.91 Å². The van der Waals surface area contributed by atoms with Crippen molar-refractivity contribution in [1.29, 1.82) is 0 Å². The molecule has 1 aliphatic rings. The summed E-state index contributed by atoms with van der Waals surface area (Å²) < 4.78 is 70.3. The molecule has 0 spiro atoms. The van der Waals surface area contributed by atoms with Crippen molar-refractivity contribution in [3.8, 4) is 5.75 Å². The highest BCUT2D eigenvalue weighted by molar-refractivity contribution is 7.88. The first kappa shape index (κ1) is 18.5.